The first-order valence-electron chi connectivity index (χ1n) is 3.56. The number of nitrogens with one attached hydrogen (secondary N) is 1. The summed E-state index contributed by atoms with van der Waals surface area (Å²) in [5.41, 5.74) is 1.48. The fourth-order valence-corrected chi connectivity index (χ4v) is 0.913. The molecule has 1 N–H and O–H groups in total. The van der Waals surface area contributed by atoms with Crippen LogP contribution in [-0.4, -0.2) is 11.3 Å². The maximum absolute atomic E-state index is 10.8. The van der Waals surface area contributed by atoms with Gasteiger partial charge in [0, 0.05) is 11.8 Å². The molecule has 0 saturated heterocycles. The van der Waals surface area contributed by atoms with E-state index in [-0.39, 0.29) is 5.56 Å². The van der Waals surface area contributed by atoms with Crippen molar-refractivity contribution in [3.63, 3.8) is 0 Å². The standard InChI is InChI=1S/C9H9NO2/c1-7-8(3-2-6-11)4-5-9(12)10-7/h2-6H,1H3,(H,10,12). The lowest BCUT2D eigenvalue weighted by Gasteiger charge is -1.96. The van der Waals surface area contributed by atoms with Gasteiger partial charge < -0.3 is 4.98 Å². The fraction of sp³-hybridized carbons (Fsp3) is 0.111. The number of aromatic amines is 1. The zero-order chi connectivity index (χ0) is 8.97. The first-order valence-corrected chi connectivity index (χ1v) is 3.56. The second-order valence-corrected chi connectivity index (χ2v) is 2.40. The highest BCUT2D eigenvalue weighted by Gasteiger charge is 1.92. The van der Waals surface area contributed by atoms with Crippen molar-refractivity contribution in [2.75, 3.05) is 0 Å². The van der Waals surface area contributed by atoms with Crippen LogP contribution in [0.5, 0.6) is 0 Å². The highest BCUT2D eigenvalue weighted by atomic mass is 16.1. The average molecular weight is 163 g/mol. The molecule has 0 aromatic carbocycles. The molecule has 0 aliphatic heterocycles. The Balaban J connectivity index is 3.09. The smallest absolute Gasteiger partial charge is 0.248 e. The molecule has 0 atom stereocenters. The Morgan fingerprint density at radius 1 is 1.42 bits per heavy atom. The van der Waals surface area contributed by atoms with Gasteiger partial charge in [-0.1, -0.05) is 6.08 Å². The second-order valence-electron chi connectivity index (χ2n) is 2.40. The van der Waals surface area contributed by atoms with Crippen LogP contribution in [0.4, 0.5) is 0 Å². The summed E-state index contributed by atoms with van der Waals surface area (Å²) in [6.45, 7) is 1.78. The van der Waals surface area contributed by atoms with Gasteiger partial charge in [-0.3, -0.25) is 9.59 Å². The van der Waals surface area contributed by atoms with Crippen molar-refractivity contribution in [3.05, 3.63) is 39.8 Å². The Morgan fingerprint density at radius 2 is 2.17 bits per heavy atom. The number of rotatable bonds is 2. The largest absolute Gasteiger partial charge is 0.326 e. The third-order valence-corrected chi connectivity index (χ3v) is 1.51. The van der Waals surface area contributed by atoms with E-state index in [2.05, 4.69) is 4.98 Å². The number of hydrogen-bond acceptors (Lipinski definition) is 2. The SMILES string of the molecule is Cc1[nH]c(=O)ccc1C=CC=O. The van der Waals surface area contributed by atoms with E-state index in [1.807, 2.05) is 0 Å². The van der Waals surface area contributed by atoms with E-state index in [9.17, 15) is 9.59 Å². The van der Waals surface area contributed by atoms with Crippen molar-refractivity contribution in [2.24, 2.45) is 0 Å². The summed E-state index contributed by atoms with van der Waals surface area (Å²) in [5, 5.41) is 0. The zero-order valence-electron chi connectivity index (χ0n) is 6.70. The molecule has 1 aromatic heterocycles. The van der Waals surface area contributed by atoms with Crippen LogP contribution < -0.4 is 5.56 Å². The summed E-state index contributed by atoms with van der Waals surface area (Å²) in [4.78, 5) is 23.4. The van der Waals surface area contributed by atoms with E-state index in [1.165, 1.54) is 12.1 Å². The number of aromatic nitrogens is 1. The molecule has 0 fully saturated rings. The summed E-state index contributed by atoms with van der Waals surface area (Å²) in [6.07, 6.45) is 3.74. The van der Waals surface area contributed by atoms with Crippen molar-refractivity contribution in [3.8, 4) is 0 Å². The molecule has 0 radical (unpaired) electrons. The Labute approximate surface area is 69.7 Å². The molecule has 0 unspecified atom stereocenters. The number of H-pyrrole nitrogens is 1. The molecular formula is C9H9NO2. The molecule has 3 heteroatoms. The number of aldehydes is 1. The van der Waals surface area contributed by atoms with E-state index in [0.717, 1.165) is 11.3 Å². The van der Waals surface area contributed by atoms with Crippen LogP contribution in [0.25, 0.3) is 6.08 Å². The molecule has 1 aromatic rings. The molecule has 0 bridgehead atoms. The van der Waals surface area contributed by atoms with Crippen LogP contribution in [0.1, 0.15) is 11.3 Å². The highest BCUT2D eigenvalue weighted by Crippen LogP contribution is 2.02. The maximum atomic E-state index is 10.8. The molecule has 0 aliphatic rings. The zero-order valence-corrected chi connectivity index (χ0v) is 6.70. The molecular weight excluding hydrogens is 154 g/mol. The van der Waals surface area contributed by atoms with Gasteiger partial charge in [-0.25, -0.2) is 0 Å². The van der Waals surface area contributed by atoms with Gasteiger partial charge in [-0.15, -0.1) is 0 Å². The van der Waals surface area contributed by atoms with Gasteiger partial charge in [0.25, 0.3) is 0 Å². The van der Waals surface area contributed by atoms with Gasteiger partial charge >= 0.3 is 0 Å². The normalized spacial score (nSPS) is 10.4. The molecule has 12 heavy (non-hydrogen) atoms. The van der Waals surface area contributed by atoms with Gasteiger partial charge in [0.2, 0.25) is 5.56 Å². The van der Waals surface area contributed by atoms with Gasteiger partial charge in [-0.05, 0) is 24.6 Å². The number of carbonyl (C=O) groups is 1. The topological polar surface area (TPSA) is 49.9 Å². The average Bonchev–Trinajstić information content (AvgIpc) is 2.03. The summed E-state index contributed by atoms with van der Waals surface area (Å²) in [5.74, 6) is 0. The fourth-order valence-electron chi connectivity index (χ4n) is 0.913. The molecule has 1 rings (SSSR count). The summed E-state index contributed by atoms with van der Waals surface area (Å²) in [6, 6.07) is 3.10. The van der Waals surface area contributed by atoms with E-state index < -0.39 is 0 Å². The van der Waals surface area contributed by atoms with E-state index in [1.54, 1.807) is 19.1 Å². The van der Waals surface area contributed by atoms with Crippen molar-refractivity contribution in [1.82, 2.24) is 4.98 Å². The molecule has 62 valence electrons. The van der Waals surface area contributed by atoms with Crippen LogP contribution in [0, 0.1) is 6.92 Å². The minimum atomic E-state index is -0.129. The number of aryl methyl sites for hydroxylation is 1. The number of pyridine rings is 1. The molecule has 0 aliphatic carbocycles. The highest BCUT2D eigenvalue weighted by molar-refractivity contribution is 5.74. The molecule has 3 nitrogen and oxygen atoms in total. The van der Waals surface area contributed by atoms with Crippen LogP contribution >= 0.6 is 0 Å². The molecule has 0 saturated carbocycles. The Kier molecular flexibility index (Phi) is 2.58. The van der Waals surface area contributed by atoms with E-state index >= 15 is 0 Å². The predicted octanol–water partition coefficient (Wildman–Crippen LogP) is 0.895. The van der Waals surface area contributed by atoms with Crippen LogP contribution in [0.2, 0.25) is 0 Å². The number of allylic oxidation sites excluding steroid dienone is 1. The van der Waals surface area contributed by atoms with E-state index in [4.69, 9.17) is 0 Å². The van der Waals surface area contributed by atoms with Crippen molar-refractivity contribution in [2.45, 2.75) is 6.92 Å². The molecule has 0 spiro atoms. The van der Waals surface area contributed by atoms with Crippen LogP contribution in [0.15, 0.2) is 23.0 Å². The lowest BCUT2D eigenvalue weighted by molar-refractivity contribution is -0.104. The first-order chi connectivity index (χ1) is 5.74. The minimum absolute atomic E-state index is 0.129. The predicted molar refractivity (Wildman–Crippen MR) is 46.9 cm³/mol. The quantitative estimate of drug-likeness (QED) is 0.520. The van der Waals surface area contributed by atoms with Crippen molar-refractivity contribution >= 4 is 12.4 Å². The third kappa shape index (κ3) is 1.92. The third-order valence-electron chi connectivity index (χ3n) is 1.51. The molecule has 1 heterocycles. The summed E-state index contributed by atoms with van der Waals surface area (Å²) < 4.78 is 0. The van der Waals surface area contributed by atoms with Crippen molar-refractivity contribution in [1.29, 1.82) is 0 Å². The van der Waals surface area contributed by atoms with Gasteiger partial charge in [0.1, 0.15) is 6.29 Å². The van der Waals surface area contributed by atoms with E-state index in [0.29, 0.717) is 6.29 Å². The second kappa shape index (κ2) is 3.67. The number of carbonyl (C=O) groups excluding carboxylic acids is 1. The monoisotopic (exact) mass is 163 g/mol. The summed E-state index contributed by atoms with van der Waals surface area (Å²) in [7, 11) is 0. The van der Waals surface area contributed by atoms with Gasteiger partial charge in [-0.2, -0.15) is 0 Å². The Hall–Kier alpha value is -1.64. The van der Waals surface area contributed by atoms with Gasteiger partial charge in [0.15, 0.2) is 0 Å². The van der Waals surface area contributed by atoms with Crippen molar-refractivity contribution < 1.29 is 4.79 Å². The number of hydrogen-bond donors (Lipinski definition) is 1. The minimum Gasteiger partial charge on any atom is -0.326 e. The Morgan fingerprint density at radius 3 is 2.75 bits per heavy atom. The molecule has 0 amide bonds. The Bertz CT molecular complexity index is 363. The van der Waals surface area contributed by atoms with Crippen LogP contribution in [0.3, 0.4) is 0 Å². The maximum Gasteiger partial charge on any atom is 0.248 e. The van der Waals surface area contributed by atoms with Gasteiger partial charge in [0.05, 0.1) is 0 Å². The van der Waals surface area contributed by atoms with Crippen LogP contribution in [-0.2, 0) is 4.79 Å². The summed E-state index contributed by atoms with van der Waals surface area (Å²) >= 11 is 0. The first kappa shape index (κ1) is 8.46. The lowest BCUT2D eigenvalue weighted by atomic mass is 10.2. The lowest BCUT2D eigenvalue weighted by Crippen LogP contribution is -2.05.